The minimum Gasteiger partial charge on any atom is -0.293 e. The van der Waals surface area contributed by atoms with Crippen molar-refractivity contribution in [2.24, 2.45) is 0 Å². The lowest BCUT2D eigenvalue weighted by molar-refractivity contribution is -0.114. The van der Waals surface area contributed by atoms with Crippen LogP contribution in [-0.4, -0.2) is 45.3 Å². The molecular formula is C17H22O4S4. The highest BCUT2D eigenvalue weighted by atomic mass is 32.2. The first-order valence-electron chi connectivity index (χ1n) is 7.75. The topological polar surface area (TPSA) is 71.4 Å². The van der Waals surface area contributed by atoms with Gasteiger partial charge < -0.3 is 0 Å². The minimum atomic E-state index is -4.14. The lowest BCUT2D eigenvalue weighted by Gasteiger charge is -2.27. The fourth-order valence-electron chi connectivity index (χ4n) is 2.50. The van der Waals surface area contributed by atoms with E-state index in [4.69, 9.17) is 0 Å². The van der Waals surface area contributed by atoms with Crippen LogP contribution in [0.1, 0.15) is 24.7 Å². The highest BCUT2D eigenvalue weighted by Crippen LogP contribution is 2.52. The monoisotopic (exact) mass is 418 g/mol. The number of carbonyl (C=O) groups excluding carboxylic acids is 1. The zero-order valence-electron chi connectivity index (χ0n) is 14.2. The number of rotatable bonds is 8. The number of hydrogen-bond acceptors (Lipinski definition) is 6. The van der Waals surface area contributed by atoms with E-state index in [0.29, 0.717) is 17.1 Å². The van der Waals surface area contributed by atoms with Gasteiger partial charge in [-0.05, 0) is 25.0 Å². The van der Waals surface area contributed by atoms with E-state index in [-0.39, 0.29) is 22.0 Å². The highest BCUT2D eigenvalue weighted by Gasteiger charge is 2.46. The molecule has 3 atom stereocenters. The van der Waals surface area contributed by atoms with Crippen molar-refractivity contribution < 1.29 is 17.8 Å². The van der Waals surface area contributed by atoms with Crippen LogP contribution in [0.2, 0.25) is 0 Å². The van der Waals surface area contributed by atoms with Gasteiger partial charge >= 0.3 is 0 Å². The summed E-state index contributed by atoms with van der Waals surface area (Å²) in [6.07, 6.45) is 0. The number of allylic oxidation sites excluding steroid dienone is 1. The number of hydrogen-bond donors (Lipinski definition) is 1. The van der Waals surface area contributed by atoms with Gasteiger partial charge in [0.05, 0.1) is 9.33 Å². The summed E-state index contributed by atoms with van der Waals surface area (Å²) in [5, 5.41) is -0.117. The first kappa shape index (κ1) is 20.9. The summed E-state index contributed by atoms with van der Waals surface area (Å²) in [7, 11) is -4.14. The first-order valence-corrected chi connectivity index (χ1v) is 12.3. The maximum absolute atomic E-state index is 12.2. The van der Waals surface area contributed by atoms with Crippen LogP contribution in [0.25, 0.3) is 0 Å². The summed E-state index contributed by atoms with van der Waals surface area (Å²) in [6, 6.07) is 9.98. The minimum absolute atomic E-state index is 0.0455. The standard InChI is InChI=1S/C17H22O4S4/c1-12(2)16(18)15-9-23-17(24-15,11-25(19,20)21)10-22-13(3)14-7-5-4-6-8-14/h4-8,13,15H,1,9-11H2,2-3H3,(H,19,20,21). The van der Waals surface area contributed by atoms with Gasteiger partial charge in [-0.25, -0.2) is 0 Å². The smallest absolute Gasteiger partial charge is 0.267 e. The Labute approximate surface area is 162 Å². The Morgan fingerprint density at radius 3 is 2.64 bits per heavy atom. The molecule has 1 aliphatic heterocycles. The normalized spacial score (nSPS) is 24.8. The van der Waals surface area contributed by atoms with E-state index in [9.17, 15) is 17.8 Å². The van der Waals surface area contributed by atoms with Gasteiger partial charge in [-0.2, -0.15) is 20.2 Å². The molecule has 25 heavy (non-hydrogen) atoms. The van der Waals surface area contributed by atoms with E-state index in [2.05, 4.69) is 13.5 Å². The number of Topliss-reactive ketones (excluding diaryl/α,β-unsaturated/α-hetero) is 1. The van der Waals surface area contributed by atoms with Crippen LogP contribution in [0.15, 0.2) is 42.5 Å². The third kappa shape index (κ3) is 6.06. The predicted octanol–water partition coefficient (Wildman–Crippen LogP) is 4.06. The maximum Gasteiger partial charge on any atom is 0.267 e. The Morgan fingerprint density at radius 1 is 1.44 bits per heavy atom. The van der Waals surface area contributed by atoms with Gasteiger partial charge in [0.2, 0.25) is 0 Å². The zero-order chi connectivity index (χ0) is 18.7. The summed E-state index contributed by atoms with van der Waals surface area (Å²) in [6.45, 7) is 7.43. The third-order valence-electron chi connectivity index (χ3n) is 3.79. The molecule has 0 aromatic heterocycles. The summed E-state index contributed by atoms with van der Waals surface area (Å²) < 4.78 is 31.7. The predicted molar refractivity (Wildman–Crippen MR) is 110 cm³/mol. The van der Waals surface area contributed by atoms with Crippen LogP contribution < -0.4 is 0 Å². The molecule has 1 heterocycles. The van der Waals surface area contributed by atoms with Gasteiger partial charge in [0.15, 0.2) is 5.78 Å². The van der Waals surface area contributed by atoms with Crippen molar-refractivity contribution in [3.63, 3.8) is 0 Å². The molecule has 0 spiro atoms. The number of benzene rings is 1. The lowest BCUT2D eigenvalue weighted by atomic mass is 10.2. The van der Waals surface area contributed by atoms with Crippen molar-refractivity contribution in [3.05, 3.63) is 48.0 Å². The van der Waals surface area contributed by atoms with Crippen molar-refractivity contribution in [1.82, 2.24) is 0 Å². The molecule has 0 saturated carbocycles. The number of thioether (sulfide) groups is 3. The molecule has 0 amide bonds. The molecule has 1 saturated heterocycles. The Balaban J connectivity index is 2.11. The quantitative estimate of drug-likeness (QED) is 0.504. The molecule has 1 aliphatic rings. The van der Waals surface area contributed by atoms with Crippen LogP contribution in [0.5, 0.6) is 0 Å². The van der Waals surface area contributed by atoms with E-state index in [1.807, 2.05) is 30.3 Å². The van der Waals surface area contributed by atoms with Gasteiger partial charge in [0, 0.05) is 16.8 Å². The fraction of sp³-hybridized carbons (Fsp3) is 0.471. The van der Waals surface area contributed by atoms with Crippen molar-refractivity contribution in [3.8, 4) is 0 Å². The Hall–Kier alpha value is -0.410. The van der Waals surface area contributed by atoms with Crippen molar-refractivity contribution in [1.29, 1.82) is 0 Å². The maximum atomic E-state index is 12.2. The number of ketones is 1. The molecule has 0 radical (unpaired) electrons. The van der Waals surface area contributed by atoms with Crippen LogP contribution in [0.3, 0.4) is 0 Å². The molecule has 1 N–H and O–H groups in total. The van der Waals surface area contributed by atoms with Crippen LogP contribution in [0, 0.1) is 0 Å². The SMILES string of the molecule is C=C(C)C(=O)C1CSC(CSC(C)c2ccccc2)(CS(=O)(=O)O)S1. The van der Waals surface area contributed by atoms with Gasteiger partial charge in [-0.3, -0.25) is 9.35 Å². The molecule has 8 heteroatoms. The second-order valence-electron chi connectivity index (χ2n) is 6.06. The first-order chi connectivity index (χ1) is 11.6. The van der Waals surface area contributed by atoms with E-state index in [1.165, 1.54) is 23.5 Å². The second kappa shape index (κ2) is 8.52. The van der Waals surface area contributed by atoms with Crippen LogP contribution in [-0.2, 0) is 14.9 Å². The van der Waals surface area contributed by atoms with E-state index < -0.39 is 14.2 Å². The summed E-state index contributed by atoms with van der Waals surface area (Å²) in [5.74, 6) is 0.657. The summed E-state index contributed by atoms with van der Waals surface area (Å²) in [5.41, 5.74) is 1.64. The average Bonchev–Trinajstić information content (AvgIpc) is 2.95. The van der Waals surface area contributed by atoms with Crippen LogP contribution >= 0.6 is 35.3 Å². The van der Waals surface area contributed by atoms with Crippen molar-refractivity contribution in [2.45, 2.75) is 28.4 Å². The molecule has 138 valence electrons. The molecule has 3 unspecified atom stereocenters. The molecule has 1 aromatic rings. The summed E-state index contributed by atoms with van der Waals surface area (Å²) >= 11 is 4.44. The molecule has 0 aliphatic carbocycles. The molecule has 0 bridgehead atoms. The molecule has 4 nitrogen and oxygen atoms in total. The molecule has 1 fully saturated rings. The van der Waals surface area contributed by atoms with Gasteiger partial charge in [0.25, 0.3) is 10.1 Å². The summed E-state index contributed by atoms with van der Waals surface area (Å²) in [4.78, 5) is 12.2. The van der Waals surface area contributed by atoms with Crippen molar-refractivity contribution in [2.75, 3.05) is 17.3 Å². The average molecular weight is 419 g/mol. The highest BCUT2D eigenvalue weighted by molar-refractivity contribution is 8.23. The molecular weight excluding hydrogens is 396 g/mol. The van der Waals surface area contributed by atoms with E-state index in [0.717, 1.165) is 5.56 Å². The Bertz CT molecular complexity index is 732. The van der Waals surface area contributed by atoms with E-state index in [1.54, 1.807) is 18.7 Å². The largest absolute Gasteiger partial charge is 0.293 e. The zero-order valence-corrected chi connectivity index (χ0v) is 17.4. The van der Waals surface area contributed by atoms with Gasteiger partial charge in [-0.15, -0.1) is 23.5 Å². The third-order valence-corrected chi connectivity index (χ3v) is 10.4. The number of carbonyl (C=O) groups is 1. The van der Waals surface area contributed by atoms with Gasteiger partial charge in [-0.1, -0.05) is 36.9 Å². The fourth-order valence-corrected chi connectivity index (χ4v) is 9.49. The molecule has 2 rings (SSSR count). The second-order valence-corrected chi connectivity index (χ2v) is 12.1. The van der Waals surface area contributed by atoms with Crippen LogP contribution in [0.4, 0.5) is 0 Å². The molecule has 1 aromatic carbocycles. The lowest BCUT2D eigenvalue weighted by Crippen LogP contribution is -2.32. The van der Waals surface area contributed by atoms with Gasteiger partial charge in [0.1, 0.15) is 5.75 Å². The Morgan fingerprint density at radius 2 is 2.08 bits per heavy atom. The van der Waals surface area contributed by atoms with Crippen molar-refractivity contribution >= 4 is 51.2 Å². The Kier molecular flexibility index (Phi) is 7.12. The van der Waals surface area contributed by atoms with E-state index >= 15 is 0 Å².